The van der Waals surface area contributed by atoms with E-state index in [9.17, 15) is 14.9 Å². The van der Waals surface area contributed by atoms with E-state index in [1.54, 1.807) is 12.1 Å². The van der Waals surface area contributed by atoms with E-state index in [-0.39, 0.29) is 11.4 Å². The zero-order chi connectivity index (χ0) is 25.7. The molecule has 0 saturated carbocycles. The van der Waals surface area contributed by atoms with Gasteiger partial charge >= 0.3 is 5.91 Å². The number of carbonyl (C=O) groups excluding carboxylic acids is 1. The quantitative estimate of drug-likeness (QED) is 0.129. The van der Waals surface area contributed by atoms with Crippen molar-refractivity contribution in [1.82, 2.24) is 5.43 Å². The van der Waals surface area contributed by atoms with Crippen molar-refractivity contribution >= 4 is 60.6 Å². The molecule has 0 saturated heterocycles. The fraction of sp³-hybridized carbons (Fsp3) is 0.120. The highest BCUT2D eigenvalue weighted by Crippen LogP contribution is 2.37. The predicted molar refractivity (Wildman–Crippen MR) is 142 cm³/mol. The molecule has 0 bridgehead atoms. The van der Waals surface area contributed by atoms with Crippen LogP contribution in [0.15, 0.2) is 79.1 Å². The van der Waals surface area contributed by atoms with Crippen LogP contribution in [0.1, 0.15) is 28.6 Å². The average molecular weight is 617 g/mol. The second kappa shape index (κ2) is 11.4. The highest BCUT2D eigenvalue weighted by atomic mass is 79.9. The number of nitro benzene ring substituents is 1. The molecule has 0 spiro atoms. The molecule has 4 aromatic rings. The van der Waals surface area contributed by atoms with Crippen molar-refractivity contribution in [3.63, 3.8) is 0 Å². The first kappa shape index (κ1) is 25.4. The first-order valence-corrected chi connectivity index (χ1v) is 12.3. The number of hydrazone groups is 1. The monoisotopic (exact) mass is 615 g/mol. The molecule has 0 unspecified atom stereocenters. The van der Waals surface area contributed by atoms with Crippen LogP contribution in [0, 0.1) is 10.1 Å². The Hall–Kier alpha value is -3.70. The molecule has 0 aliphatic heterocycles. The summed E-state index contributed by atoms with van der Waals surface area (Å²) in [6.07, 6.45) is 1.46. The Kier molecular flexibility index (Phi) is 8.01. The van der Waals surface area contributed by atoms with E-state index in [0.717, 1.165) is 10.0 Å². The minimum Gasteiger partial charge on any atom is -0.490 e. The normalized spacial score (nSPS) is 11.1. The highest BCUT2D eigenvalue weighted by Gasteiger charge is 2.15. The number of ether oxygens (including phenoxy) is 2. The van der Waals surface area contributed by atoms with Gasteiger partial charge in [0.05, 0.1) is 22.2 Å². The fourth-order valence-corrected chi connectivity index (χ4v) is 4.12. The number of non-ortho nitro benzene ring substituents is 1. The van der Waals surface area contributed by atoms with Crippen molar-refractivity contribution in [3.05, 3.63) is 96.6 Å². The molecule has 184 valence electrons. The topological polar surface area (TPSA) is 116 Å². The molecule has 3 aromatic carbocycles. The standard InChI is InChI=1S/C25H19Br2N3O6/c1-2-34-22-10-16(9-20(27)24(22)35-14-15-3-5-18(26)6-4-15)13-28-29-25(31)23-12-17-11-19(30(32)33)7-8-21(17)36-23/h3-13H,2,14H2,1H3,(H,29,31)/b28-13+. The SMILES string of the molecule is CCOc1cc(/C=N/NC(=O)c2cc3cc([N+](=O)[O-])ccc3o2)cc(Br)c1OCc1ccc(Br)cc1. The number of furan rings is 1. The van der Waals surface area contributed by atoms with E-state index < -0.39 is 10.8 Å². The lowest BCUT2D eigenvalue weighted by Crippen LogP contribution is -2.16. The van der Waals surface area contributed by atoms with Crippen molar-refractivity contribution in [1.29, 1.82) is 0 Å². The average Bonchev–Trinajstić information content (AvgIpc) is 3.28. The van der Waals surface area contributed by atoms with Crippen LogP contribution < -0.4 is 14.9 Å². The third kappa shape index (κ3) is 6.10. The molecule has 4 rings (SSSR count). The summed E-state index contributed by atoms with van der Waals surface area (Å²) in [5.74, 6) is 0.465. The molecule has 36 heavy (non-hydrogen) atoms. The van der Waals surface area contributed by atoms with Gasteiger partial charge in [-0.15, -0.1) is 0 Å². The Balaban J connectivity index is 1.46. The van der Waals surface area contributed by atoms with Gasteiger partial charge in [-0.05, 0) is 70.4 Å². The van der Waals surface area contributed by atoms with Crippen LogP contribution in [0.5, 0.6) is 11.5 Å². The smallest absolute Gasteiger partial charge is 0.307 e. The number of hydrogen-bond donors (Lipinski definition) is 1. The number of fused-ring (bicyclic) bond motifs is 1. The molecular weight excluding hydrogens is 598 g/mol. The molecule has 0 fully saturated rings. The van der Waals surface area contributed by atoms with Crippen LogP contribution in [-0.2, 0) is 6.61 Å². The van der Waals surface area contributed by atoms with Crippen molar-refractivity contribution in [2.24, 2.45) is 5.10 Å². The molecule has 1 N–H and O–H groups in total. The number of rotatable bonds is 9. The number of benzene rings is 3. The van der Waals surface area contributed by atoms with Gasteiger partial charge < -0.3 is 13.9 Å². The third-order valence-corrected chi connectivity index (χ3v) is 6.06. The van der Waals surface area contributed by atoms with Crippen LogP contribution in [-0.4, -0.2) is 23.7 Å². The van der Waals surface area contributed by atoms with Crippen molar-refractivity contribution in [3.8, 4) is 11.5 Å². The lowest BCUT2D eigenvalue weighted by Gasteiger charge is -2.14. The maximum Gasteiger partial charge on any atom is 0.307 e. The number of halogens is 2. The van der Waals surface area contributed by atoms with E-state index in [2.05, 4.69) is 42.4 Å². The Morgan fingerprint density at radius 1 is 1.11 bits per heavy atom. The zero-order valence-corrected chi connectivity index (χ0v) is 22.0. The zero-order valence-electron chi connectivity index (χ0n) is 18.9. The van der Waals surface area contributed by atoms with E-state index in [1.807, 2.05) is 31.2 Å². The Bertz CT molecular complexity index is 1450. The maximum atomic E-state index is 12.4. The minimum absolute atomic E-state index is 0.0180. The summed E-state index contributed by atoms with van der Waals surface area (Å²) >= 11 is 6.94. The lowest BCUT2D eigenvalue weighted by atomic mass is 10.2. The van der Waals surface area contributed by atoms with Gasteiger partial charge in [0.25, 0.3) is 5.69 Å². The van der Waals surface area contributed by atoms with Gasteiger partial charge in [0.1, 0.15) is 12.2 Å². The maximum absolute atomic E-state index is 12.4. The summed E-state index contributed by atoms with van der Waals surface area (Å²) in [6, 6.07) is 16.9. The number of carbonyl (C=O) groups is 1. The van der Waals surface area contributed by atoms with Gasteiger partial charge in [-0.3, -0.25) is 14.9 Å². The summed E-state index contributed by atoms with van der Waals surface area (Å²) in [6.45, 7) is 2.66. The molecule has 0 radical (unpaired) electrons. The summed E-state index contributed by atoms with van der Waals surface area (Å²) in [5, 5.41) is 15.4. The Morgan fingerprint density at radius 2 is 1.89 bits per heavy atom. The van der Waals surface area contributed by atoms with Gasteiger partial charge in [-0.1, -0.05) is 28.1 Å². The molecule has 0 aliphatic carbocycles. The fourth-order valence-electron chi connectivity index (χ4n) is 3.28. The Labute approximate surface area is 222 Å². The number of amides is 1. The number of nitrogens with one attached hydrogen (secondary N) is 1. The van der Waals surface area contributed by atoms with Gasteiger partial charge in [0.2, 0.25) is 0 Å². The highest BCUT2D eigenvalue weighted by molar-refractivity contribution is 9.10. The minimum atomic E-state index is -0.594. The summed E-state index contributed by atoms with van der Waals surface area (Å²) in [5.41, 5.74) is 4.32. The summed E-state index contributed by atoms with van der Waals surface area (Å²) in [7, 11) is 0. The van der Waals surface area contributed by atoms with Crippen LogP contribution in [0.25, 0.3) is 11.0 Å². The van der Waals surface area contributed by atoms with E-state index in [1.165, 1.54) is 30.5 Å². The predicted octanol–water partition coefficient (Wildman–Crippen LogP) is 6.61. The Morgan fingerprint density at radius 3 is 2.61 bits per heavy atom. The van der Waals surface area contributed by atoms with Gasteiger partial charge in [0, 0.05) is 22.0 Å². The molecule has 1 aromatic heterocycles. The second-order valence-corrected chi connectivity index (χ2v) is 9.24. The van der Waals surface area contributed by atoms with Gasteiger partial charge in [-0.2, -0.15) is 5.10 Å². The van der Waals surface area contributed by atoms with Crippen LogP contribution in [0.2, 0.25) is 0 Å². The first-order valence-electron chi connectivity index (χ1n) is 10.7. The van der Waals surface area contributed by atoms with E-state index in [0.29, 0.717) is 45.7 Å². The van der Waals surface area contributed by atoms with Crippen LogP contribution in [0.4, 0.5) is 5.69 Å². The largest absolute Gasteiger partial charge is 0.490 e. The molecule has 0 atom stereocenters. The number of nitro groups is 1. The third-order valence-electron chi connectivity index (χ3n) is 4.94. The molecule has 1 heterocycles. The molecule has 1 amide bonds. The van der Waals surface area contributed by atoms with Gasteiger partial charge in [-0.25, -0.2) is 5.43 Å². The molecule has 11 heteroatoms. The van der Waals surface area contributed by atoms with Crippen LogP contribution >= 0.6 is 31.9 Å². The van der Waals surface area contributed by atoms with Gasteiger partial charge in [0.15, 0.2) is 17.3 Å². The molecule has 9 nitrogen and oxygen atoms in total. The van der Waals surface area contributed by atoms with E-state index in [4.69, 9.17) is 13.9 Å². The van der Waals surface area contributed by atoms with Crippen LogP contribution in [0.3, 0.4) is 0 Å². The van der Waals surface area contributed by atoms with Crippen molar-refractivity contribution in [2.75, 3.05) is 6.61 Å². The van der Waals surface area contributed by atoms with Crippen molar-refractivity contribution in [2.45, 2.75) is 13.5 Å². The van der Waals surface area contributed by atoms with Crippen molar-refractivity contribution < 1.29 is 23.6 Å². The number of hydrogen-bond acceptors (Lipinski definition) is 7. The van der Waals surface area contributed by atoms with E-state index >= 15 is 0 Å². The first-order chi connectivity index (χ1) is 17.3. The molecular formula is C25H19Br2N3O6. The molecule has 0 aliphatic rings. The summed E-state index contributed by atoms with van der Waals surface area (Å²) < 4.78 is 18.9. The second-order valence-electron chi connectivity index (χ2n) is 7.47. The summed E-state index contributed by atoms with van der Waals surface area (Å²) in [4.78, 5) is 22.9. The number of nitrogens with zero attached hydrogens (tertiary/aromatic N) is 2. The lowest BCUT2D eigenvalue weighted by molar-refractivity contribution is -0.384.